The molecule has 1 heterocycles. The van der Waals surface area contributed by atoms with Gasteiger partial charge in [0.2, 0.25) is 5.90 Å². The molecule has 6 nitrogen and oxygen atoms in total. The first-order chi connectivity index (χ1) is 16.3. The molecule has 0 spiro atoms. The second-order valence-electron chi connectivity index (χ2n) is 7.97. The molecule has 1 aliphatic rings. The van der Waals surface area contributed by atoms with E-state index in [1.165, 1.54) is 12.1 Å². The zero-order valence-electron chi connectivity index (χ0n) is 19.6. The Hall–Kier alpha value is -2.20. The Morgan fingerprint density at radius 3 is 2.21 bits per heavy atom. The lowest BCUT2D eigenvalue weighted by atomic mass is 10.1. The second kappa shape index (κ2) is 14.9. The van der Waals surface area contributed by atoms with Crippen molar-refractivity contribution in [3.8, 4) is 0 Å². The fraction of sp³-hybridized carbons (Fsp3) is 0.560. The van der Waals surface area contributed by atoms with Gasteiger partial charge in [-0.05, 0) is 56.9 Å². The third-order valence-electron chi connectivity index (χ3n) is 5.24. The number of hydrogen-bond donors (Lipinski definition) is 2. The number of rotatable bonds is 8. The fourth-order valence-electron chi connectivity index (χ4n) is 3.47. The monoisotopic (exact) mass is 484 g/mol. The van der Waals surface area contributed by atoms with E-state index in [4.69, 9.17) is 19.7 Å². The summed E-state index contributed by atoms with van der Waals surface area (Å²) in [6, 6.07) is 4.86. The number of halogens is 3. The van der Waals surface area contributed by atoms with Crippen LogP contribution in [0.3, 0.4) is 0 Å². The summed E-state index contributed by atoms with van der Waals surface area (Å²) in [5, 5.41) is 18.0. The summed E-state index contributed by atoms with van der Waals surface area (Å²) in [4.78, 5) is 6.60. The molecule has 0 bridgehead atoms. The van der Waals surface area contributed by atoms with Crippen molar-refractivity contribution in [1.29, 1.82) is 0 Å². The third-order valence-corrected chi connectivity index (χ3v) is 5.24. The van der Waals surface area contributed by atoms with Gasteiger partial charge in [0.15, 0.2) is 6.29 Å². The quantitative estimate of drug-likeness (QED) is 0.251. The SMILES string of the molecule is CCN=C(OCCN1CC/C=C/CC(OCC(O)O)C/C=C/CC1)c1ccc(C(F)(F)F)cc1. The number of aliphatic imine (C=N–C) groups is 1. The molecular weight excluding hydrogens is 449 g/mol. The van der Waals surface area contributed by atoms with E-state index in [2.05, 4.69) is 34.2 Å². The van der Waals surface area contributed by atoms with Gasteiger partial charge in [0.25, 0.3) is 0 Å². The molecule has 0 radical (unpaired) electrons. The number of aliphatic hydroxyl groups excluding tert-OH is 1. The van der Waals surface area contributed by atoms with Crippen LogP contribution in [-0.2, 0) is 15.7 Å². The molecule has 0 fully saturated rings. The maximum absolute atomic E-state index is 12.8. The van der Waals surface area contributed by atoms with Gasteiger partial charge in [-0.15, -0.1) is 0 Å². The van der Waals surface area contributed by atoms with Gasteiger partial charge in [-0.25, -0.2) is 0 Å². The van der Waals surface area contributed by atoms with Crippen molar-refractivity contribution in [1.82, 2.24) is 4.90 Å². The Morgan fingerprint density at radius 1 is 1.06 bits per heavy atom. The van der Waals surface area contributed by atoms with Crippen LogP contribution in [0.1, 0.15) is 43.7 Å². The van der Waals surface area contributed by atoms with E-state index in [0.29, 0.717) is 44.0 Å². The van der Waals surface area contributed by atoms with Gasteiger partial charge in [0.05, 0.1) is 18.3 Å². The summed E-state index contributed by atoms with van der Waals surface area (Å²) >= 11 is 0. The minimum atomic E-state index is -4.37. The normalized spacial score (nSPS) is 19.4. The van der Waals surface area contributed by atoms with Crippen LogP contribution in [0.4, 0.5) is 13.2 Å². The van der Waals surface area contributed by atoms with Crippen molar-refractivity contribution < 1.29 is 32.9 Å². The number of nitrogens with zero attached hydrogens (tertiary/aromatic N) is 2. The number of ether oxygens (including phenoxy) is 2. The van der Waals surface area contributed by atoms with Gasteiger partial charge >= 0.3 is 6.18 Å². The van der Waals surface area contributed by atoms with Gasteiger partial charge in [0.1, 0.15) is 6.61 Å². The predicted octanol–water partition coefficient (Wildman–Crippen LogP) is 4.17. The first kappa shape index (κ1) is 28.0. The van der Waals surface area contributed by atoms with E-state index in [9.17, 15) is 13.2 Å². The molecule has 9 heteroatoms. The summed E-state index contributed by atoms with van der Waals surface area (Å²) in [5.74, 6) is 0.351. The molecule has 0 atom stereocenters. The highest BCUT2D eigenvalue weighted by atomic mass is 19.4. The summed E-state index contributed by atoms with van der Waals surface area (Å²) in [5.41, 5.74) is -0.170. The molecule has 0 amide bonds. The highest BCUT2D eigenvalue weighted by molar-refractivity contribution is 5.94. The lowest BCUT2D eigenvalue weighted by Crippen LogP contribution is -2.30. The fourth-order valence-corrected chi connectivity index (χ4v) is 3.47. The van der Waals surface area contributed by atoms with Crippen LogP contribution < -0.4 is 0 Å². The molecule has 0 unspecified atom stereocenters. The smallest absolute Gasteiger partial charge is 0.416 e. The van der Waals surface area contributed by atoms with Crippen LogP contribution in [0.5, 0.6) is 0 Å². The van der Waals surface area contributed by atoms with Gasteiger partial charge in [-0.2, -0.15) is 13.2 Å². The van der Waals surface area contributed by atoms with Crippen LogP contribution >= 0.6 is 0 Å². The van der Waals surface area contributed by atoms with Crippen molar-refractivity contribution in [2.45, 2.75) is 51.2 Å². The first-order valence-corrected chi connectivity index (χ1v) is 11.6. The van der Waals surface area contributed by atoms with Crippen LogP contribution in [0.25, 0.3) is 0 Å². The van der Waals surface area contributed by atoms with Crippen LogP contribution in [-0.4, -0.2) is 72.8 Å². The lowest BCUT2D eigenvalue weighted by molar-refractivity contribution is -0.137. The summed E-state index contributed by atoms with van der Waals surface area (Å²) < 4.78 is 49.9. The number of benzene rings is 1. The van der Waals surface area contributed by atoms with E-state index in [1.54, 1.807) is 0 Å². The zero-order valence-corrected chi connectivity index (χ0v) is 19.6. The average molecular weight is 485 g/mol. The van der Waals surface area contributed by atoms with Gasteiger partial charge < -0.3 is 19.7 Å². The molecule has 2 rings (SSSR count). The molecule has 0 aliphatic carbocycles. The highest BCUT2D eigenvalue weighted by Gasteiger charge is 2.30. The van der Waals surface area contributed by atoms with Gasteiger partial charge in [-0.3, -0.25) is 9.89 Å². The van der Waals surface area contributed by atoms with Crippen LogP contribution in [0.2, 0.25) is 0 Å². The summed E-state index contributed by atoms with van der Waals surface area (Å²) in [7, 11) is 0. The molecule has 2 N–H and O–H groups in total. The van der Waals surface area contributed by atoms with Crippen molar-refractivity contribution >= 4 is 5.90 Å². The standard InChI is InChI=1S/C25H35F3N2O4/c1-2-29-24(20-11-13-21(14-12-20)25(26,27)28)33-18-17-30-15-7-3-5-9-22(34-19-23(31)32)10-6-4-8-16-30/h3-6,11-14,22-23,31-32H,2,7-10,15-19H2,1H3/b5-3+,6-4+,29-24?. The Bertz CT molecular complexity index is 772. The Balaban J connectivity index is 1.87. The Kier molecular flexibility index (Phi) is 12.3. The molecule has 0 aromatic heterocycles. The van der Waals surface area contributed by atoms with E-state index in [-0.39, 0.29) is 12.7 Å². The largest absolute Gasteiger partial charge is 0.476 e. The highest BCUT2D eigenvalue weighted by Crippen LogP contribution is 2.29. The molecule has 1 aromatic carbocycles. The minimum Gasteiger partial charge on any atom is -0.476 e. The van der Waals surface area contributed by atoms with Crippen molar-refractivity contribution in [2.75, 3.05) is 39.4 Å². The summed E-state index contributed by atoms with van der Waals surface area (Å²) in [6.45, 7) is 4.96. The molecule has 1 aromatic rings. The Morgan fingerprint density at radius 2 is 1.68 bits per heavy atom. The van der Waals surface area contributed by atoms with Crippen LogP contribution in [0.15, 0.2) is 53.6 Å². The molecule has 0 saturated carbocycles. The molecule has 34 heavy (non-hydrogen) atoms. The van der Waals surface area contributed by atoms with E-state index < -0.39 is 18.0 Å². The van der Waals surface area contributed by atoms with E-state index >= 15 is 0 Å². The average Bonchev–Trinajstić information content (AvgIpc) is 2.78. The minimum absolute atomic E-state index is 0.0836. The summed E-state index contributed by atoms with van der Waals surface area (Å²) in [6.07, 6.45) is 5.47. The predicted molar refractivity (Wildman–Crippen MR) is 126 cm³/mol. The third kappa shape index (κ3) is 10.8. The maximum Gasteiger partial charge on any atom is 0.416 e. The zero-order chi connectivity index (χ0) is 24.8. The van der Waals surface area contributed by atoms with Gasteiger partial charge in [-0.1, -0.05) is 24.3 Å². The van der Waals surface area contributed by atoms with Crippen molar-refractivity contribution in [3.05, 3.63) is 59.7 Å². The van der Waals surface area contributed by atoms with E-state index in [1.807, 2.05) is 6.92 Å². The molecular formula is C25H35F3N2O4. The topological polar surface area (TPSA) is 74.5 Å². The number of hydrogen-bond acceptors (Lipinski definition) is 6. The van der Waals surface area contributed by atoms with Crippen molar-refractivity contribution in [2.24, 2.45) is 4.99 Å². The Labute approximate surface area is 199 Å². The first-order valence-electron chi connectivity index (χ1n) is 11.6. The molecule has 1 aliphatic heterocycles. The molecule has 0 saturated heterocycles. The number of alkyl halides is 3. The molecule has 190 valence electrons. The van der Waals surface area contributed by atoms with Crippen LogP contribution in [0, 0.1) is 0 Å². The maximum atomic E-state index is 12.8. The van der Waals surface area contributed by atoms with Crippen molar-refractivity contribution in [3.63, 3.8) is 0 Å². The second-order valence-corrected chi connectivity index (χ2v) is 7.97. The number of aliphatic hydroxyl groups is 2. The van der Waals surface area contributed by atoms with Gasteiger partial charge in [0, 0.05) is 31.7 Å². The van der Waals surface area contributed by atoms with E-state index in [0.717, 1.165) is 38.1 Å². The lowest BCUT2D eigenvalue weighted by Gasteiger charge is -2.22.